The number of anilines is 2. The number of nitrogens with zero attached hydrogens (tertiary/aromatic N) is 2. The van der Waals surface area contributed by atoms with Crippen molar-refractivity contribution in [3.8, 4) is 0 Å². The highest BCUT2D eigenvalue weighted by Gasteiger charge is 2.21. The van der Waals surface area contributed by atoms with E-state index in [-0.39, 0.29) is 0 Å². The lowest BCUT2D eigenvalue weighted by molar-refractivity contribution is 0.472. The number of aryl methyl sites for hydroxylation is 1. The van der Waals surface area contributed by atoms with E-state index in [0.29, 0.717) is 12.0 Å². The highest BCUT2D eigenvalue weighted by Crippen LogP contribution is 2.33. The van der Waals surface area contributed by atoms with Crippen LogP contribution in [-0.2, 0) is 6.42 Å². The summed E-state index contributed by atoms with van der Waals surface area (Å²) in [4.78, 5) is 11.1. The Morgan fingerprint density at radius 1 is 1.33 bits per heavy atom. The second-order valence-electron chi connectivity index (χ2n) is 5.57. The molecule has 2 heterocycles. The van der Waals surface area contributed by atoms with E-state index in [1.165, 1.54) is 30.6 Å². The number of nitrogens with two attached hydrogens (primary N) is 1. The minimum atomic E-state index is 0.368. The van der Waals surface area contributed by atoms with Crippen molar-refractivity contribution < 1.29 is 0 Å². The van der Waals surface area contributed by atoms with Gasteiger partial charge in [-0.25, -0.2) is 4.98 Å². The number of thiophene rings is 1. The van der Waals surface area contributed by atoms with Crippen LogP contribution in [0, 0.1) is 0 Å². The summed E-state index contributed by atoms with van der Waals surface area (Å²) in [5, 5.41) is 5.56. The Morgan fingerprint density at radius 3 is 2.76 bits per heavy atom. The number of nitrogens with one attached hydrogen (secondary N) is 1. The van der Waals surface area contributed by atoms with Crippen LogP contribution in [-0.4, -0.2) is 27.5 Å². The molecule has 4 nitrogen and oxygen atoms in total. The van der Waals surface area contributed by atoms with Gasteiger partial charge in [0.05, 0.1) is 5.39 Å². The molecule has 0 atom stereocenters. The molecule has 0 saturated heterocycles. The first-order chi connectivity index (χ1) is 10.2. The standard InChI is InChI=1S/C15H22N4S2/c1-3-10-8-12-13(18-15(16)19-14(12)21-10)17-9-4-6-11(20-2)7-5-9/h8-9,11H,3-7H2,1-2H3,(H3,16,17,18,19). The molecule has 1 aliphatic rings. The molecule has 0 radical (unpaired) electrons. The third-order valence-electron chi connectivity index (χ3n) is 4.16. The van der Waals surface area contributed by atoms with Crippen molar-refractivity contribution in [3.63, 3.8) is 0 Å². The van der Waals surface area contributed by atoms with Gasteiger partial charge in [0.1, 0.15) is 10.6 Å². The molecule has 0 bridgehead atoms. The van der Waals surface area contributed by atoms with Crippen molar-refractivity contribution in [1.82, 2.24) is 9.97 Å². The minimum Gasteiger partial charge on any atom is -0.368 e. The summed E-state index contributed by atoms with van der Waals surface area (Å²) in [6.45, 7) is 2.16. The zero-order valence-electron chi connectivity index (χ0n) is 12.6. The third kappa shape index (κ3) is 3.26. The largest absolute Gasteiger partial charge is 0.368 e. The molecule has 1 fully saturated rings. The lowest BCUT2D eigenvalue weighted by Gasteiger charge is -2.28. The summed E-state index contributed by atoms with van der Waals surface area (Å²) < 4.78 is 0. The summed E-state index contributed by atoms with van der Waals surface area (Å²) >= 11 is 3.71. The molecule has 0 amide bonds. The number of nitrogen functional groups attached to an aromatic ring is 1. The topological polar surface area (TPSA) is 63.8 Å². The van der Waals surface area contributed by atoms with Crippen molar-refractivity contribution in [3.05, 3.63) is 10.9 Å². The van der Waals surface area contributed by atoms with Crippen LogP contribution in [0.5, 0.6) is 0 Å². The Morgan fingerprint density at radius 2 is 2.10 bits per heavy atom. The fraction of sp³-hybridized carbons (Fsp3) is 0.600. The van der Waals surface area contributed by atoms with E-state index in [4.69, 9.17) is 5.73 Å². The maximum atomic E-state index is 5.87. The smallest absolute Gasteiger partial charge is 0.223 e. The molecule has 1 saturated carbocycles. The van der Waals surface area contributed by atoms with E-state index in [9.17, 15) is 0 Å². The van der Waals surface area contributed by atoms with Crippen LogP contribution in [0.2, 0.25) is 0 Å². The minimum absolute atomic E-state index is 0.368. The number of aromatic nitrogens is 2. The summed E-state index contributed by atoms with van der Waals surface area (Å²) in [6.07, 6.45) is 8.23. The maximum absolute atomic E-state index is 5.87. The van der Waals surface area contributed by atoms with Crippen LogP contribution in [0.4, 0.5) is 11.8 Å². The van der Waals surface area contributed by atoms with Crippen LogP contribution in [0.15, 0.2) is 6.07 Å². The van der Waals surface area contributed by atoms with Crippen LogP contribution < -0.4 is 11.1 Å². The van der Waals surface area contributed by atoms with Crippen LogP contribution in [0.25, 0.3) is 10.2 Å². The molecule has 21 heavy (non-hydrogen) atoms. The van der Waals surface area contributed by atoms with Crippen molar-refractivity contribution in [2.75, 3.05) is 17.3 Å². The zero-order valence-corrected chi connectivity index (χ0v) is 14.2. The summed E-state index contributed by atoms with van der Waals surface area (Å²) in [6, 6.07) is 2.71. The van der Waals surface area contributed by atoms with E-state index >= 15 is 0 Å². The van der Waals surface area contributed by atoms with E-state index in [1.807, 2.05) is 11.8 Å². The number of fused-ring (bicyclic) bond motifs is 1. The molecule has 0 aromatic carbocycles. The average molecular weight is 323 g/mol. The molecule has 2 aromatic rings. The van der Waals surface area contributed by atoms with Gasteiger partial charge in [-0.2, -0.15) is 16.7 Å². The first-order valence-corrected chi connectivity index (χ1v) is 9.65. The molecular weight excluding hydrogens is 300 g/mol. The number of rotatable bonds is 4. The lowest BCUT2D eigenvalue weighted by Crippen LogP contribution is -2.27. The predicted molar refractivity (Wildman–Crippen MR) is 94.4 cm³/mol. The zero-order chi connectivity index (χ0) is 14.8. The van der Waals surface area contributed by atoms with Crippen LogP contribution in [0.1, 0.15) is 37.5 Å². The summed E-state index contributed by atoms with van der Waals surface area (Å²) in [5.74, 6) is 1.29. The monoisotopic (exact) mass is 322 g/mol. The number of hydrogen-bond acceptors (Lipinski definition) is 6. The highest BCUT2D eigenvalue weighted by atomic mass is 32.2. The first-order valence-electron chi connectivity index (χ1n) is 7.54. The SMILES string of the molecule is CCc1cc2c(NC3CCC(SC)CC3)nc(N)nc2s1. The molecule has 0 aliphatic heterocycles. The molecule has 1 aliphatic carbocycles. The van der Waals surface area contributed by atoms with Gasteiger partial charge in [-0.05, 0) is 44.4 Å². The maximum Gasteiger partial charge on any atom is 0.223 e. The molecule has 2 aromatic heterocycles. The van der Waals surface area contributed by atoms with Crippen LogP contribution >= 0.6 is 23.1 Å². The van der Waals surface area contributed by atoms with Gasteiger partial charge >= 0.3 is 0 Å². The number of hydrogen-bond donors (Lipinski definition) is 2. The van der Waals surface area contributed by atoms with Gasteiger partial charge in [0.15, 0.2) is 0 Å². The molecule has 0 spiro atoms. The Labute approximate surface area is 133 Å². The van der Waals surface area contributed by atoms with Crippen molar-refractivity contribution in [1.29, 1.82) is 0 Å². The predicted octanol–water partition coefficient (Wildman–Crippen LogP) is 3.92. The quantitative estimate of drug-likeness (QED) is 0.893. The van der Waals surface area contributed by atoms with Crippen molar-refractivity contribution >= 4 is 45.1 Å². The number of thioether (sulfide) groups is 1. The Hall–Kier alpha value is -1.01. The van der Waals surface area contributed by atoms with Gasteiger partial charge in [-0.3, -0.25) is 0 Å². The highest BCUT2D eigenvalue weighted by molar-refractivity contribution is 7.99. The van der Waals surface area contributed by atoms with Gasteiger partial charge in [0.2, 0.25) is 5.95 Å². The average Bonchev–Trinajstić information content (AvgIpc) is 2.91. The van der Waals surface area contributed by atoms with Crippen LogP contribution in [0.3, 0.4) is 0 Å². The second-order valence-corrected chi connectivity index (χ2v) is 7.82. The van der Waals surface area contributed by atoms with E-state index in [2.05, 4.69) is 34.5 Å². The lowest BCUT2D eigenvalue weighted by atomic mass is 9.95. The van der Waals surface area contributed by atoms with Crippen molar-refractivity contribution in [2.45, 2.75) is 50.3 Å². The normalized spacial score (nSPS) is 22.6. The van der Waals surface area contributed by atoms with Gasteiger partial charge in [-0.15, -0.1) is 11.3 Å². The summed E-state index contributed by atoms with van der Waals surface area (Å²) in [5.41, 5.74) is 5.87. The molecular formula is C15H22N4S2. The third-order valence-corrected chi connectivity index (χ3v) is 6.47. The molecule has 0 unspecified atom stereocenters. The Bertz CT molecular complexity index is 617. The van der Waals surface area contributed by atoms with E-state index in [0.717, 1.165) is 27.7 Å². The van der Waals surface area contributed by atoms with E-state index < -0.39 is 0 Å². The Kier molecular flexibility index (Phi) is 4.54. The van der Waals surface area contributed by atoms with Gasteiger partial charge in [-0.1, -0.05) is 6.92 Å². The van der Waals surface area contributed by atoms with Gasteiger partial charge in [0.25, 0.3) is 0 Å². The first kappa shape index (κ1) is 14.9. The molecule has 114 valence electrons. The molecule has 3 rings (SSSR count). The molecule has 3 N–H and O–H groups in total. The van der Waals surface area contributed by atoms with Crippen molar-refractivity contribution in [2.24, 2.45) is 0 Å². The summed E-state index contributed by atoms with van der Waals surface area (Å²) in [7, 11) is 0. The van der Waals surface area contributed by atoms with Gasteiger partial charge < -0.3 is 11.1 Å². The Balaban J connectivity index is 1.81. The fourth-order valence-electron chi connectivity index (χ4n) is 2.91. The van der Waals surface area contributed by atoms with Gasteiger partial charge in [0, 0.05) is 16.2 Å². The molecule has 6 heteroatoms. The van der Waals surface area contributed by atoms with E-state index in [1.54, 1.807) is 11.3 Å². The fourth-order valence-corrected chi connectivity index (χ4v) is 4.63. The second kappa shape index (κ2) is 6.40.